The minimum Gasteiger partial charge on any atom is -0.497 e. The summed E-state index contributed by atoms with van der Waals surface area (Å²) in [7, 11) is 1.67. The van der Waals surface area contributed by atoms with Crippen molar-refractivity contribution < 1.29 is 19.0 Å². The van der Waals surface area contributed by atoms with Crippen LogP contribution in [-0.2, 0) is 24.1 Å². The van der Waals surface area contributed by atoms with Gasteiger partial charge >= 0.3 is 0 Å². The summed E-state index contributed by atoms with van der Waals surface area (Å²) < 4.78 is 16.8. The van der Waals surface area contributed by atoms with E-state index in [9.17, 15) is 4.79 Å². The summed E-state index contributed by atoms with van der Waals surface area (Å²) in [5.74, 6) is 3.35. The second kappa shape index (κ2) is 12.3. The fourth-order valence-corrected chi connectivity index (χ4v) is 4.91. The van der Waals surface area contributed by atoms with Crippen LogP contribution >= 0.6 is 0 Å². The molecule has 0 spiro atoms. The molecule has 3 aromatic rings. The van der Waals surface area contributed by atoms with Gasteiger partial charge in [0, 0.05) is 43.6 Å². The van der Waals surface area contributed by atoms with Crippen molar-refractivity contribution in [2.24, 2.45) is 0 Å². The van der Waals surface area contributed by atoms with Gasteiger partial charge in [-0.3, -0.25) is 4.79 Å². The number of aromatic nitrogens is 2. The van der Waals surface area contributed by atoms with Gasteiger partial charge in [-0.2, -0.15) is 0 Å². The molecule has 200 valence electrons. The Balaban J connectivity index is 1.37. The molecule has 1 fully saturated rings. The van der Waals surface area contributed by atoms with E-state index in [0.717, 1.165) is 65.9 Å². The molecule has 1 saturated heterocycles. The molecule has 38 heavy (non-hydrogen) atoms. The lowest BCUT2D eigenvalue weighted by atomic mass is 10.0. The summed E-state index contributed by atoms with van der Waals surface area (Å²) in [5, 5.41) is 0. The Morgan fingerprint density at radius 3 is 2.61 bits per heavy atom. The molecule has 0 saturated carbocycles. The highest BCUT2D eigenvalue weighted by molar-refractivity contribution is 5.94. The molecule has 1 aromatic heterocycles. The number of hydrogen-bond acceptors (Lipinski definition) is 7. The van der Waals surface area contributed by atoms with Crippen LogP contribution in [0, 0.1) is 0 Å². The number of rotatable bonds is 9. The number of methoxy groups -OCH3 is 1. The largest absolute Gasteiger partial charge is 0.497 e. The Hall–Kier alpha value is -3.65. The average Bonchev–Trinajstić information content (AvgIpc) is 2.97. The van der Waals surface area contributed by atoms with E-state index in [1.165, 1.54) is 0 Å². The van der Waals surface area contributed by atoms with Crippen LogP contribution in [0.3, 0.4) is 0 Å². The highest BCUT2D eigenvalue weighted by Gasteiger charge is 2.29. The first-order chi connectivity index (χ1) is 18.6. The maximum atomic E-state index is 13.4. The molecule has 0 atom stereocenters. The predicted molar refractivity (Wildman–Crippen MR) is 146 cm³/mol. The van der Waals surface area contributed by atoms with Gasteiger partial charge in [-0.15, -0.1) is 0 Å². The first-order valence-corrected chi connectivity index (χ1v) is 13.5. The Labute approximate surface area is 224 Å². The molecule has 2 aliphatic rings. The van der Waals surface area contributed by atoms with Crippen molar-refractivity contribution in [2.45, 2.75) is 39.2 Å². The van der Waals surface area contributed by atoms with E-state index in [-0.39, 0.29) is 5.91 Å². The third kappa shape index (κ3) is 6.07. The van der Waals surface area contributed by atoms with Crippen molar-refractivity contribution >= 4 is 11.7 Å². The van der Waals surface area contributed by atoms with Gasteiger partial charge in [0.25, 0.3) is 5.91 Å². The number of unbranched alkanes of at least 4 members (excludes halogenated alkanes) is 1. The molecule has 0 bridgehead atoms. The Bertz CT molecular complexity index is 1240. The van der Waals surface area contributed by atoms with Gasteiger partial charge in [-0.25, -0.2) is 9.97 Å². The zero-order valence-corrected chi connectivity index (χ0v) is 22.3. The molecule has 2 aliphatic heterocycles. The third-order valence-electron chi connectivity index (χ3n) is 7.05. The van der Waals surface area contributed by atoms with Crippen LogP contribution in [0.15, 0.2) is 48.5 Å². The van der Waals surface area contributed by atoms with Crippen molar-refractivity contribution in [1.82, 2.24) is 14.9 Å². The first kappa shape index (κ1) is 26.0. The van der Waals surface area contributed by atoms with Crippen LogP contribution in [-0.4, -0.2) is 67.3 Å². The topological polar surface area (TPSA) is 77.0 Å². The number of carbonyl (C=O) groups is 1. The number of hydrogen-bond donors (Lipinski definition) is 0. The normalized spacial score (nSPS) is 15.2. The van der Waals surface area contributed by atoms with E-state index >= 15 is 0 Å². The third-order valence-corrected chi connectivity index (χ3v) is 7.05. The monoisotopic (exact) mass is 516 g/mol. The number of anilines is 1. The maximum absolute atomic E-state index is 13.4. The summed E-state index contributed by atoms with van der Waals surface area (Å²) in [6.07, 6.45) is 3.43. The predicted octanol–water partition coefficient (Wildman–Crippen LogP) is 4.29. The SMILES string of the molecule is CCCCOc1ccc(C(=O)N2CCc3nc(Cc4cccc(OC)c4)nc(N4CCOCC4)c3C2)cc1. The van der Waals surface area contributed by atoms with Crippen molar-refractivity contribution in [2.75, 3.05) is 51.5 Å². The maximum Gasteiger partial charge on any atom is 0.254 e. The Kier molecular flexibility index (Phi) is 8.38. The molecule has 0 unspecified atom stereocenters. The minimum atomic E-state index is 0.0177. The fourth-order valence-electron chi connectivity index (χ4n) is 4.91. The number of ether oxygens (including phenoxy) is 3. The first-order valence-electron chi connectivity index (χ1n) is 13.5. The van der Waals surface area contributed by atoms with Gasteiger partial charge < -0.3 is 24.0 Å². The molecule has 1 amide bonds. The van der Waals surface area contributed by atoms with Gasteiger partial charge in [0.05, 0.1) is 39.2 Å². The van der Waals surface area contributed by atoms with Crippen molar-refractivity contribution in [1.29, 1.82) is 0 Å². The van der Waals surface area contributed by atoms with Crippen LogP contribution in [0.4, 0.5) is 5.82 Å². The summed E-state index contributed by atoms with van der Waals surface area (Å²) >= 11 is 0. The summed E-state index contributed by atoms with van der Waals surface area (Å²) in [4.78, 5) is 27.6. The minimum absolute atomic E-state index is 0.0177. The number of carbonyl (C=O) groups excluding carboxylic acids is 1. The Morgan fingerprint density at radius 2 is 1.84 bits per heavy atom. The lowest BCUT2D eigenvalue weighted by Crippen LogP contribution is -2.41. The van der Waals surface area contributed by atoms with E-state index in [1.807, 2.05) is 47.4 Å². The Morgan fingerprint density at radius 1 is 1.03 bits per heavy atom. The molecule has 3 heterocycles. The van der Waals surface area contributed by atoms with Crippen LogP contribution in [0.25, 0.3) is 0 Å². The van der Waals surface area contributed by atoms with Crippen LogP contribution in [0.2, 0.25) is 0 Å². The molecular formula is C30H36N4O4. The quantitative estimate of drug-likeness (QED) is 0.393. The fraction of sp³-hybridized carbons (Fsp3) is 0.433. The van der Waals surface area contributed by atoms with Crippen LogP contribution < -0.4 is 14.4 Å². The second-order valence-electron chi connectivity index (χ2n) is 9.72. The summed E-state index contributed by atoms with van der Waals surface area (Å²) in [5.41, 5.74) is 3.84. The van der Waals surface area contributed by atoms with Gasteiger partial charge in [0.1, 0.15) is 23.1 Å². The standard InChI is InChI=1S/C30H36N4O4/c1-3-4-16-38-24-10-8-23(9-11-24)30(35)34-13-12-27-26(21-34)29(33-14-17-37-18-15-33)32-28(31-27)20-22-6-5-7-25(19-22)36-2/h5-11,19H,3-4,12-18,20-21H2,1-2H3. The van der Waals surface area contributed by atoms with Crippen LogP contribution in [0.5, 0.6) is 11.5 Å². The van der Waals surface area contributed by atoms with Crippen molar-refractivity contribution in [3.63, 3.8) is 0 Å². The number of amides is 1. The summed E-state index contributed by atoms with van der Waals surface area (Å²) in [6, 6.07) is 15.5. The van der Waals surface area contributed by atoms with E-state index in [2.05, 4.69) is 17.9 Å². The number of nitrogens with zero attached hydrogens (tertiary/aromatic N) is 4. The smallest absolute Gasteiger partial charge is 0.254 e. The van der Waals surface area contributed by atoms with E-state index in [1.54, 1.807) is 7.11 Å². The van der Waals surface area contributed by atoms with Crippen molar-refractivity contribution in [3.05, 3.63) is 76.7 Å². The molecule has 0 radical (unpaired) electrons. The molecule has 2 aromatic carbocycles. The average molecular weight is 517 g/mol. The molecular weight excluding hydrogens is 480 g/mol. The number of fused-ring (bicyclic) bond motifs is 1. The second-order valence-corrected chi connectivity index (χ2v) is 9.72. The highest BCUT2D eigenvalue weighted by atomic mass is 16.5. The molecule has 8 heteroatoms. The van der Waals surface area contributed by atoms with Crippen molar-refractivity contribution in [3.8, 4) is 11.5 Å². The highest BCUT2D eigenvalue weighted by Crippen LogP contribution is 2.29. The number of morpholine rings is 1. The van der Waals surface area contributed by atoms with Crippen LogP contribution in [0.1, 0.15) is 52.8 Å². The van der Waals surface area contributed by atoms with E-state index in [4.69, 9.17) is 24.2 Å². The zero-order chi connectivity index (χ0) is 26.3. The van der Waals surface area contributed by atoms with Gasteiger partial charge in [0.2, 0.25) is 0 Å². The van der Waals surface area contributed by atoms with Gasteiger partial charge in [0.15, 0.2) is 0 Å². The van der Waals surface area contributed by atoms with Gasteiger partial charge in [-0.05, 0) is 48.4 Å². The lowest BCUT2D eigenvalue weighted by Gasteiger charge is -2.34. The molecule has 0 aliphatic carbocycles. The van der Waals surface area contributed by atoms with E-state index < -0.39 is 0 Å². The lowest BCUT2D eigenvalue weighted by molar-refractivity contribution is 0.0732. The molecule has 8 nitrogen and oxygen atoms in total. The van der Waals surface area contributed by atoms with E-state index in [0.29, 0.717) is 51.3 Å². The number of benzene rings is 2. The zero-order valence-electron chi connectivity index (χ0n) is 22.3. The summed E-state index contributed by atoms with van der Waals surface area (Å²) in [6.45, 7) is 6.83. The molecule has 5 rings (SSSR count). The van der Waals surface area contributed by atoms with Gasteiger partial charge in [-0.1, -0.05) is 25.5 Å². The molecule has 0 N–H and O–H groups in total.